The zero-order valence-electron chi connectivity index (χ0n) is 17.0. The fraction of sp³-hybridized carbons (Fsp3) is 0.476. The minimum atomic E-state index is -0.639. The first-order chi connectivity index (χ1) is 13.4. The molecule has 0 radical (unpaired) electrons. The van der Waals surface area contributed by atoms with Gasteiger partial charge in [-0.25, -0.2) is 9.59 Å². The van der Waals surface area contributed by atoms with Crippen LogP contribution in [0.1, 0.15) is 58.1 Å². The number of amides is 3. The highest BCUT2D eigenvalue weighted by atomic mass is 16.5. The number of anilines is 1. The summed E-state index contributed by atoms with van der Waals surface area (Å²) in [6, 6.07) is 6.23. The second-order valence-electron chi connectivity index (χ2n) is 6.79. The summed E-state index contributed by atoms with van der Waals surface area (Å²) in [4.78, 5) is 38.3. The van der Waals surface area contributed by atoms with Gasteiger partial charge in [-0.1, -0.05) is 31.9 Å². The molecule has 0 bridgehead atoms. The molecule has 0 unspecified atom stereocenters. The minimum Gasteiger partial charge on any atom is -0.463 e. The highest BCUT2D eigenvalue weighted by molar-refractivity contribution is 5.95. The van der Waals surface area contributed by atoms with E-state index < -0.39 is 12.0 Å². The Hall–Kier alpha value is -2.83. The molecular formula is C21H29N3O4. The van der Waals surface area contributed by atoms with Crippen molar-refractivity contribution in [2.45, 2.75) is 52.5 Å². The number of hydrogen-bond donors (Lipinski definition) is 2. The number of urea groups is 1. The van der Waals surface area contributed by atoms with Gasteiger partial charge in [-0.15, -0.1) is 0 Å². The smallest absolute Gasteiger partial charge is 0.338 e. The van der Waals surface area contributed by atoms with Crippen LogP contribution in [0, 0.1) is 0 Å². The van der Waals surface area contributed by atoms with Crippen molar-refractivity contribution >= 4 is 23.6 Å². The van der Waals surface area contributed by atoms with Crippen LogP contribution in [0.15, 0.2) is 35.5 Å². The van der Waals surface area contributed by atoms with E-state index in [9.17, 15) is 14.4 Å². The van der Waals surface area contributed by atoms with Crippen molar-refractivity contribution < 1.29 is 19.1 Å². The molecule has 1 aliphatic rings. The van der Waals surface area contributed by atoms with Gasteiger partial charge in [-0.05, 0) is 38.0 Å². The summed E-state index contributed by atoms with van der Waals surface area (Å²) >= 11 is 0. The Morgan fingerprint density at radius 3 is 2.68 bits per heavy atom. The fourth-order valence-corrected chi connectivity index (χ4v) is 3.11. The third-order valence-electron chi connectivity index (χ3n) is 4.76. The van der Waals surface area contributed by atoms with Crippen LogP contribution in [0.5, 0.6) is 0 Å². The van der Waals surface area contributed by atoms with E-state index >= 15 is 0 Å². The van der Waals surface area contributed by atoms with Gasteiger partial charge in [0.1, 0.15) is 0 Å². The molecule has 1 aliphatic heterocycles. The Bertz CT molecular complexity index is 773. The molecule has 1 heterocycles. The van der Waals surface area contributed by atoms with E-state index in [1.165, 1.54) is 4.90 Å². The van der Waals surface area contributed by atoms with Crippen molar-refractivity contribution in [3.8, 4) is 0 Å². The van der Waals surface area contributed by atoms with Crippen LogP contribution in [-0.4, -0.2) is 36.5 Å². The van der Waals surface area contributed by atoms with E-state index in [-0.39, 0.29) is 18.5 Å². The number of unbranched alkanes of at least 4 members (excludes halogenated alkanes) is 2. The molecule has 152 valence electrons. The lowest BCUT2D eigenvalue weighted by molar-refractivity contribution is -0.139. The predicted molar refractivity (Wildman–Crippen MR) is 108 cm³/mol. The molecule has 0 saturated carbocycles. The van der Waals surface area contributed by atoms with Crippen LogP contribution in [0.25, 0.3) is 0 Å². The van der Waals surface area contributed by atoms with Crippen LogP contribution in [0.2, 0.25) is 0 Å². The number of hydrogen-bond acceptors (Lipinski definition) is 4. The zero-order chi connectivity index (χ0) is 20.7. The molecule has 7 nitrogen and oxygen atoms in total. The lowest BCUT2D eigenvalue weighted by Crippen LogP contribution is -2.46. The van der Waals surface area contributed by atoms with Crippen LogP contribution in [0.3, 0.4) is 0 Å². The largest absolute Gasteiger partial charge is 0.463 e. The maximum Gasteiger partial charge on any atom is 0.338 e. The van der Waals surface area contributed by atoms with E-state index in [4.69, 9.17) is 4.74 Å². The molecule has 0 saturated heterocycles. The van der Waals surface area contributed by atoms with Gasteiger partial charge in [0.25, 0.3) is 0 Å². The number of nitrogens with one attached hydrogen (secondary N) is 2. The molecule has 28 heavy (non-hydrogen) atoms. The summed E-state index contributed by atoms with van der Waals surface area (Å²) in [6.45, 7) is 5.79. The Morgan fingerprint density at radius 1 is 1.25 bits per heavy atom. The maximum absolute atomic E-state index is 12.5. The van der Waals surface area contributed by atoms with E-state index in [1.54, 1.807) is 39.1 Å². The normalized spacial score (nSPS) is 16.6. The first kappa shape index (κ1) is 21.5. The summed E-state index contributed by atoms with van der Waals surface area (Å²) in [5.74, 6) is -0.513. The summed E-state index contributed by atoms with van der Waals surface area (Å²) in [5, 5.41) is 5.73. The van der Waals surface area contributed by atoms with E-state index in [0.29, 0.717) is 28.9 Å². The van der Waals surface area contributed by atoms with Gasteiger partial charge in [0.2, 0.25) is 5.91 Å². The highest BCUT2D eigenvalue weighted by Gasteiger charge is 2.35. The molecule has 0 spiro atoms. The lowest BCUT2D eigenvalue weighted by atomic mass is 9.94. The number of carbonyl (C=O) groups is 3. The second-order valence-corrected chi connectivity index (χ2v) is 6.79. The molecular weight excluding hydrogens is 358 g/mol. The van der Waals surface area contributed by atoms with Crippen molar-refractivity contribution in [3.63, 3.8) is 0 Å². The van der Waals surface area contributed by atoms with Crippen molar-refractivity contribution in [1.29, 1.82) is 0 Å². The quantitative estimate of drug-likeness (QED) is 0.525. The van der Waals surface area contributed by atoms with Crippen molar-refractivity contribution in [2.75, 3.05) is 19.0 Å². The molecule has 3 amide bonds. The number of carbonyl (C=O) groups excluding carboxylic acids is 3. The Balaban J connectivity index is 2.28. The summed E-state index contributed by atoms with van der Waals surface area (Å²) in [5.41, 5.74) is 2.26. The van der Waals surface area contributed by atoms with Crippen LogP contribution in [0.4, 0.5) is 10.5 Å². The number of rotatable bonds is 8. The molecule has 0 aliphatic carbocycles. The third-order valence-corrected chi connectivity index (χ3v) is 4.76. The van der Waals surface area contributed by atoms with Crippen LogP contribution in [-0.2, 0) is 14.3 Å². The van der Waals surface area contributed by atoms with Gasteiger partial charge in [-0.2, -0.15) is 0 Å². The lowest BCUT2D eigenvalue weighted by Gasteiger charge is -2.33. The van der Waals surface area contributed by atoms with Crippen LogP contribution < -0.4 is 10.6 Å². The van der Waals surface area contributed by atoms with Gasteiger partial charge in [0.05, 0.1) is 18.2 Å². The van der Waals surface area contributed by atoms with Crippen molar-refractivity contribution in [2.24, 2.45) is 0 Å². The molecule has 2 N–H and O–H groups in total. The summed E-state index contributed by atoms with van der Waals surface area (Å²) < 4.78 is 5.19. The zero-order valence-corrected chi connectivity index (χ0v) is 17.0. The van der Waals surface area contributed by atoms with Gasteiger partial charge in [0, 0.05) is 24.9 Å². The standard InChI is InChI=1S/C21H29N3O4/c1-5-7-8-12-17(25)22-16-11-9-10-15(13-16)19-18(20(26)28-6-2)14(3)24(4)21(27)23-19/h9-11,13,19H,5-8,12H2,1-4H3,(H,22,25)(H,23,27)/t19-/m1/s1. The van der Waals surface area contributed by atoms with Crippen LogP contribution >= 0.6 is 0 Å². The molecule has 0 fully saturated rings. The minimum absolute atomic E-state index is 0.0460. The molecule has 1 aromatic rings. The molecule has 1 atom stereocenters. The van der Waals surface area contributed by atoms with E-state index in [2.05, 4.69) is 17.6 Å². The number of ether oxygens (including phenoxy) is 1. The third kappa shape index (κ3) is 5.12. The first-order valence-corrected chi connectivity index (χ1v) is 9.70. The Kier molecular flexibility index (Phi) is 7.61. The SMILES string of the molecule is CCCCCC(=O)Nc1cccc([C@H]2NC(=O)N(C)C(C)=C2C(=O)OCC)c1. The molecule has 7 heteroatoms. The highest BCUT2D eigenvalue weighted by Crippen LogP contribution is 2.31. The first-order valence-electron chi connectivity index (χ1n) is 9.70. The molecule has 0 aromatic heterocycles. The van der Waals surface area contributed by atoms with E-state index in [0.717, 1.165) is 19.3 Å². The number of allylic oxidation sites excluding steroid dienone is 1. The van der Waals surface area contributed by atoms with Gasteiger partial charge >= 0.3 is 12.0 Å². The predicted octanol–water partition coefficient (Wildman–Crippen LogP) is 3.74. The number of benzene rings is 1. The van der Waals surface area contributed by atoms with E-state index in [1.807, 2.05) is 6.07 Å². The van der Waals surface area contributed by atoms with Gasteiger partial charge < -0.3 is 20.3 Å². The molecule has 1 aromatic carbocycles. The number of nitrogens with zero attached hydrogens (tertiary/aromatic N) is 1. The van der Waals surface area contributed by atoms with Crippen molar-refractivity contribution in [3.05, 3.63) is 41.1 Å². The average molecular weight is 387 g/mol. The van der Waals surface area contributed by atoms with Crippen molar-refractivity contribution in [1.82, 2.24) is 10.2 Å². The second kappa shape index (κ2) is 9.92. The maximum atomic E-state index is 12.5. The number of esters is 1. The topological polar surface area (TPSA) is 87.7 Å². The monoisotopic (exact) mass is 387 g/mol. The molecule has 2 rings (SSSR count). The Morgan fingerprint density at radius 2 is 2.00 bits per heavy atom. The average Bonchev–Trinajstić information content (AvgIpc) is 2.66. The summed E-state index contributed by atoms with van der Waals surface area (Å²) in [7, 11) is 1.60. The Labute approximate surface area is 166 Å². The summed E-state index contributed by atoms with van der Waals surface area (Å²) in [6.07, 6.45) is 3.39. The van der Waals surface area contributed by atoms with Gasteiger partial charge in [0.15, 0.2) is 0 Å². The fourth-order valence-electron chi connectivity index (χ4n) is 3.11. The van der Waals surface area contributed by atoms with Gasteiger partial charge in [-0.3, -0.25) is 4.79 Å².